The van der Waals surface area contributed by atoms with Crippen molar-refractivity contribution >= 4 is 31.6 Å². The van der Waals surface area contributed by atoms with E-state index in [9.17, 15) is 16.8 Å². The highest BCUT2D eigenvalue weighted by Gasteiger charge is 2.11. The summed E-state index contributed by atoms with van der Waals surface area (Å²) in [5, 5.41) is 0. The Morgan fingerprint density at radius 2 is 1.24 bits per heavy atom. The lowest BCUT2D eigenvalue weighted by atomic mass is 10.1. The molecule has 4 N–H and O–H groups in total. The molecule has 0 unspecified atom stereocenters. The van der Waals surface area contributed by atoms with E-state index in [0.717, 1.165) is 30.9 Å². The molecule has 0 aromatic heterocycles. The van der Waals surface area contributed by atoms with Gasteiger partial charge in [-0.15, -0.1) is 0 Å². The lowest BCUT2D eigenvalue weighted by Crippen LogP contribution is -2.26. The molecule has 204 valence electrons. The summed E-state index contributed by atoms with van der Waals surface area (Å²) >= 11 is 0. The van der Waals surface area contributed by atoms with Crippen LogP contribution in [-0.4, -0.2) is 52.7 Å². The van der Waals surface area contributed by atoms with Gasteiger partial charge in [0.2, 0.25) is 0 Å². The normalized spacial score (nSPS) is 11.0. The molecule has 3 aromatic rings. The van der Waals surface area contributed by atoms with Crippen LogP contribution >= 0.6 is 0 Å². The van der Waals surface area contributed by atoms with Gasteiger partial charge >= 0.3 is 0 Å². The summed E-state index contributed by atoms with van der Waals surface area (Å²) in [6.45, 7) is 10.1. The number of hydrogen-bond donors (Lipinski definition) is 3. The van der Waals surface area contributed by atoms with Gasteiger partial charge in [0.25, 0.3) is 20.2 Å². The average molecular weight is 553 g/mol. The largest absolute Gasteiger partial charge is 0.399 e. The van der Waals surface area contributed by atoms with E-state index in [1.54, 1.807) is 57.4 Å². The first-order valence-corrected chi connectivity index (χ1v) is 14.3. The highest BCUT2D eigenvalue weighted by atomic mass is 32.2. The van der Waals surface area contributed by atoms with E-state index < -0.39 is 20.2 Å². The van der Waals surface area contributed by atoms with Gasteiger partial charge < -0.3 is 15.4 Å². The van der Waals surface area contributed by atoms with Crippen molar-refractivity contribution < 1.29 is 30.7 Å². The second-order valence-electron chi connectivity index (χ2n) is 8.09. The molecular weight excluding hydrogens is 516 g/mol. The minimum Gasteiger partial charge on any atom is -0.399 e. The Bertz CT molecular complexity index is 1290. The molecule has 3 rings (SSSR count). The van der Waals surface area contributed by atoms with Crippen LogP contribution < -0.4 is 10.6 Å². The summed E-state index contributed by atoms with van der Waals surface area (Å²) in [4.78, 5) is 2.22. The molecule has 0 heterocycles. The van der Waals surface area contributed by atoms with E-state index in [0.29, 0.717) is 11.1 Å². The number of rotatable bonds is 7. The van der Waals surface area contributed by atoms with Crippen molar-refractivity contribution in [3.8, 4) is 0 Å². The molecule has 0 spiro atoms. The SMILES string of the molecule is CCN(CCOC)c1ccc(N)c(C)c1.Cc1ccccc1S(=O)(=O)O.Cc1ccccc1S(=O)(=O)O. The number of likely N-dealkylation sites (N-methyl/N-ethyl adjacent to an activating group) is 1. The van der Waals surface area contributed by atoms with Gasteiger partial charge in [0.05, 0.1) is 16.4 Å². The Labute approximate surface area is 220 Å². The van der Waals surface area contributed by atoms with E-state index in [-0.39, 0.29) is 9.79 Å². The van der Waals surface area contributed by atoms with Gasteiger partial charge in [-0.2, -0.15) is 16.8 Å². The fraction of sp³-hybridized carbons (Fsp3) is 0.308. The summed E-state index contributed by atoms with van der Waals surface area (Å²) in [5.74, 6) is 0. The Hall–Kier alpha value is -2.96. The molecule has 0 aliphatic heterocycles. The Morgan fingerprint density at radius 3 is 1.57 bits per heavy atom. The summed E-state index contributed by atoms with van der Waals surface area (Å²) in [6.07, 6.45) is 0. The van der Waals surface area contributed by atoms with E-state index in [1.807, 2.05) is 13.0 Å². The number of ether oxygens (including phenoxy) is 1. The molecule has 37 heavy (non-hydrogen) atoms. The van der Waals surface area contributed by atoms with Gasteiger partial charge in [0.1, 0.15) is 0 Å². The number of aryl methyl sites for hydroxylation is 3. The molecule has 0 fully saturated rings. The molecule has 0 radical (unpaired) electrons. The molecule has 0 atom stereocenters. The molecule has 0 saturated carbocycles. The van der Waals surface area contributed by atoms with Gasteiger partial charge in [-0.25, -0.2) is 0 Å². The number of nitrogens with zero attached hydrogens (tertiary/aromatic N) is 1. The number of methoxy groups -OCH3 is 1. The number of nitrogen functional groups attached to an aromatic ring is 1. The summed E-state index contributed by atoms with van der Waals surface area (Å²) in [7, 11) is -6.34. The van der Waals surface area contributed by atoms with Crippen LogP contribution in [0.2, 0.25) is 0 Å². The molecule has 0 aliphatic carbocycles. The van der Waals surface area contributed by atoms with Crippen molar-refractivity contribution in [2.24, 2.45) is 0 Å². The number of benzene rings is 3. The summed E-state index contributed by atoms with van der Waals surface area (Å²) in [6, 6.07) is 18.7. The minimum atomic E-state index is -4.03. The molecule has 0 bridgehead atoms. The maximum absolute atomic E-state index is 10.6. The van der Waals surface area contributed by atoms with Crippen LogP contribution in [0.4, 0.5) is 11.4 Å². The number of nitrogens with two attached hydrogens (primary N) is 1. The van der Waals surface area contributed by atoms with Gasteiger partial charge in [-0.05, 0) is 74.7 Å². The third-order valence-electron chi connectivity index (χ3n) is 5.31. The number of anilines is 2. The predicted octanol–water partition coefficient (Wildman–Crippen LogP) is 4.53. The van der Waals surface area contributed by atoms with Crippen LogP contribution in [0.3, 0.4) is 0 Å². The second kappa shape index (κ2) is 14.7. The Balaban J connectivity index is 0.000000283. The second-order valence-corrected chi connectivity index (χ2v) is 10.9. The molecule has 0 saturated heterocycles. The van der Waals surface area contributed by atoms with Crippen LogP contribution in [0.5, 0.6) is 0 Å². The monoisotopic (exact) mass is 552 g/mol. The van der Waals surface area contributed by atoms with Crippen LogP contribution in [0, 0.1) is 20.8 Å². The van der Waals surface area contributed by atoms with Gasteiger partial charge in [-0.1, -0.05) is 36.4 Å². The lowest BCUT2D eigenvalue weighted by Gasteiger charge is -2.23. The zero-order chi connectivity index (χ0) is 28.2. The highest BCUT2D eigenvalue weighted by Crippen LogP contribution is 2.20. The lowest BCUT2D eigenvalue weighted by molar-refractivity contribution is 0.205. The van der Waals surface area contributed by atoms with E-state index in [2.05, 4.69) is 24.0 Å². The minimum absolute atomic E-state index is 0.0278. The standard InChI is InChI=1S/C12H20N2O.2C7H8O3S/c1-4-14(7-8-15-3)11-5-6-12(13)10(2)9-11;2*1-6-4-2-3-5-7(6)11(8,9)10/h5-6,9H,4,7-8,13H2,1-3H3;2*2-5H,1H3,(H,8,9,10). The molecule has 9 nitrogen and oxygen atoms in total. The van der Waals surface area contributed by atoms with E-state index >= 15 is 0 Å². The van der Waals surface area contributed by atoms with E-state index in [1.165, 1.54) is 17.8 Å². The van der Waals surface area contributed by atoms with Crippen molar-refractivity contribution in [2.75, 3.05) is 37.4 Å². The van der Waals surface area contributed by atoms with Crippen LogP contribution in [0.1, 0.15) is 23.6 Å². The third-order valence-corrected chi connectivity index (χ3v) is 7.34. The fourth-order valence-electron chi connectivity index (χ4n) is 3.22. The Morgan fingerprint density at radius 1 is 0.784 bits per heavy atom. The summed E-state index contributed by atoms with van der Waals surface area (Å²) < 4.78 is 64.8. The maximum Gasteiger partial charge on any atom is 0.294 e. The third kappa shape index (κ3) is 10.9. The molecule has 3 aromatic carbocycles. The first kappa shape index (κ1) is 32.1. The van der Waals surface area contributed by atoms with Gasteiger partial charge in [-0.3, -0.25) is 9.11 Å². The van der Waals surface area contributed by atoms with Crippen molar-refractivity contribution in [3.05, 3.63) is 83.4 Å². The topological polar surface area (TPSA) is 147 Å². The highest BCUT2D eigenvalue weighted by molar-refractivity contribution is 7.86. The van der Waals surface area contributed by atoms with Gasteiger partial charge in [0, 0.05) is 31.6 Å². The zero-order valence-electron chi connectivity index (χ0n) is 21.7. The van der Waals surface area contributed by atoms with Crippen molar-refractivity contribution in [1.29, 1.82) is 0 Å². The van der Waals surface area contributed by atoms with Crippen LogP contribution in [0.25, 0.3) is 0 Å². The average Bonchev–Trinajstić information content (AvgIpc) is 2.82. The maximum atomic E-state index is 10.6. The predicted molar refractivity (Wildman–Crippen MR) is 147 cm³/mol. The van der Waals surface area contributed by atoms with Crippen LogP contribution in [0.15, 0.2) is 76.5 Å². The van der Waals surface area contributed by atoms with Crippen molar-refractivity contribution in [2.45, 2.75) is 37.5 Å². The first-order valence-electron chi connectivity index (χ1n) is 11.4. The van der Waals surface area contributed by atoms with Crippen LogP contribution in [-0.2, 0) is 25.0 Å². The number of hydrogen-bond acceptors (Lipinski definition) is 7. The fourth-order valence-corrected chi connectivity index (χ4v) is 4.67. The molecule has 0 aliphatic rings. The van der Waals surface area contributed by atoms with Crippen molar-refractivity contribution in [3.63, 3.8) is 0 Å². The quantitative estimate of drug-likeness (QED) is 0.284. The summed E-state index contributed by atoms with van der Waals surface area (Å²) in [5.41, 5.74) is 10.1. The smallest absolute Gasteiger partial charge is 0.294 e. The van der Waals surface area contributed by atoms with E-state index in [4.69, 9.17) is 19.6 Å². The Kier molecular flexibility index (Phi) is 12.7. The van der Waals surface area contributed by atoms with Crippen molar-refractivity contribution in [1.82, 2.24) is 0 Å². The molecular formula is C26H36N2O7S2. The van der Waals surface area contributed by atoms with Gasteiger partial charge in [0.15, 0.2) is 0 Å². The molecule has 0 amide bonds. The zero-order valence-corrected chi connectivity index (χ0v) is 23.4. The molecule has 11 heteroatoms. The first-order chi connectivity index (χ1) is 17.2.